The minimum Gasteiger partial charge on any atom is -0.457 e. The van der Waals surface area contributed by atoms with Gasteiger partial charge in [0.25, 0.3) is 0 Å². The van der Waals surface area contributed by atoms with E-state index in [1.54, 1.807) is 0 Å². The number of rotatable bonds is 4. The summed E-state index contributed by atoms with van der Waals surface area (Å²) < 4.78 is 6.91. The first-order valence-corrected chi connectivity index (χ1v) is 7.61. The van der Waals surface area contributed by atoms with Crippen LogP contribution in [0.2, 0.25) is 5.02 Å². The van der Waals surface area contributed by atoms with Crippen LogP contribution in [0.4, 0.5) is 0 Å². The predicted molar refractivity (Wildman–Crippen MR) is 87.9 cm³/mol. The van der Waals surface area contributed by atoms with Crippen molar-refractivity contribution >= 4 is 27.5 Å². The second-order valence-electron chi connectivity index (χ2n) is 4.77. The summed E-state index contributed by atoms with van der Waals surface area (Å²) in [6.45, 7) is 4.58. The zero-order valence-electron chi connectivity index (χ0n) is 11.5. The van der Waals surface area contributed by atoms with Crippen LogP contribution < -0.4 is 10.5 Å². The number of aryl methyl sites for hydroxylation is 2. The summed E-state index contributed by atoms with van der Waals surface area (Å²) in [6.07, 6.45) is 0.847. The molecule has 106 valence electrons. The number of hydrogen-bond acceptors (Lipinski definition) is 2. The lowest BCUT2D eigenvalue weighted by molar-refractivity contribution is 0.481. The van der Waals surface area contributed by atoms with Crippen molar-refractivity contribution in [2.75, 3.05) is 6.54 Å². The van der Waals surface area contributed by atoms with Gasteiger partial charge in [0.2, 0.25) is 0 Å². The van der Waals surface area contributed by atoms with E-state index in [0.717, 1.165) is 38.5 Å². The third kappa shape index (κ3) is 3.54. The molecule has 2 nitrogen and oxygen atoms in total. The Morgan fingerprint density at radius 2 is 1.75 bits per heavy atom. The normalized spacial score (nSPS) is 10.7. The van der Waals surface area contributed by atoms with Crippen molar-refractivity contribution in [2.24, 2.45) is 5.73 Å². The lowest BCUT2D eigenvalue weighted by atomic mass is 10.1. The average molecular weight is 355 g/mol. The van der Waals surface area contributed by atoms with E-state index in [1.807, 2.05) is 44.2 Å². The van der Waals surface area contributed by atoms with Crippen LogP contribution in [0, 0.1) is 13.8 Å². The predicted octanol–water partition coefficient (Wildman–Crippen LogP) is 5.01. The van der Waals surface area contributed by atoms with Crippen molar-refractivity contribution in [1.29, 1.82) is 0 Å². The molecule has 20 heavy (non-hydrogen) atoms. The summed E-state index contributed by atoms with van der Waals surface area (Å²) in [5, 5.41) is 0.789. The van der Waals surface area contributed by atoms with Crippen molar-refractivity contribution in [1.82, 2.24) is 0 Å². The Hall–Kier alpha value is -1.03. The summed E-state index contributed by atoms with van der Waals surface area (Å²) in [6, 6.07) is 9.83. The maximum absolute atomic E-state index is 6.16. The molecule has 2 N–H and O–H groups in total. The molecule has 2 aromatic carbocycles. The van der Waals surface area contributed by atoms with Crippen molar-refractivity contribution in [2.45, 2.75) is 20.3 Å². The summed E-state index contributed by atoms with van der Waals surface area (Å²) >= 11 is 9.70. The van der Waals surface area contributed by atoms with Gasteiger partial charge in [0, 0.05) is 9.50 Å². The second-order valence-corrected chi connectivity index (χ2v) is 6.00. The molecule has 0 aliphatic carbocycles. The molecule has 0 spiro atoms. The molecule has 2 rings (SSSR count). The maximum Gasteiger partial charge on any atom is 0.128 e. The van der Waals surface area contributed by atoms with Crippen LogP contribution in [-0.2, 0) is 6.42 Å². The van der Waals surface area contributed by atoms with Crippen LogP contribution in [0.3, 0.4) is 0 Å². The summed E-state index contributed by atoms with van der Waals surface area (Å²) in [5.74, 6) is 1.58. The van der Waals surface area contributed by atoms with E-state index >= 15 is 0 Å². The summed E-state index contributed by atoms with van der Waals surface area (Å²) in [7, 11) is 0. The van der Waals surface area contributed by atoms with E-state index in [1.165, 1.54) is 5.56 Å². The number of hydrogen-bond donors (Lipinski definition) is 1. The highest BCUT2D eigenvalue weighted by molar-refractivity contribution is 9.10. The summed E-state index contributed by atoms with van der Waals surface area (Å²) in [4.78, 5) is 0. The van der Waals surface area contributed by atoms with E-state index in [9.17, 15) is 0 Å². The van der Waals surface area contributed by atoms with Crippen molar-refractivity contribution in [3.8, 4) is 11.5 Å². The molecule has 0 radical (unpaired) electrons. The van der Waals surface area contributed by atoms with Crippen LogP contribution in [-0.4, -0.2) is 6.54 Å². The molecular formula is C16H17BrClNO. The maximum atomic E-state index is 6.16. The van der Waals surface area contributed by atoms with E-state index in [2.05, 4.69) is 15.9 Å². The van der Waals surface area contributed by atoms with Gasteiger partial charge in [-0.2, -0.15) is 0 Å². The fourth-order valence-electron chi connectivity index (χ4n) is 2.05. The third-order valence-corrected chi connectivity index (χ3v) is 4.42. The van der Waals surface area contributed by atoms with Crippen LogP contribution in [0.5, 0.6) is 11.5 Å². The molecule has 0 aliphatic rings. The van der Waals surface area contributed by atoms with Gasteiger partial charge in [-0.1, -0.05) is 33.6 Å². The van der Waals surface area contributed by atoms with Gasteiger partial charge in [-0.3, -0.25) is 0 Å². The molecule has 2 aromatic rings. The van der Waals surface area contributed by atoms with Gasteiger partial charge in [-0.25, -0.2) is 0 Å². The Morgan fingerprint density at radius 3 is 2.30 bits per heavy atom. The fourth-order valence-corrected chi connectivity index (χ4v) is 2.72. The van der Waals surface area contributed by atoms with Gasteiger partial charge in [0.05, 0.1) is 0 Å². The SMILES string of the molecule is Cc1cc(Oc2ccc(CCN)c(Br)c2)cc(C)c1Cl. The van der Waals surface area contributed by atoms with Crippen molar-refractivity contribution < 1.29 is 4.74 Å². The van der Waals surface area contributed by atoms with E-state index in [4.69, 9.17) is 22.1 Å². The monoisotopic (exact) mass is 353 g/mol. The molecule has 0 fully saturated rings. The zero-order chi connectivity index (χ0) is 14.7. The first-order chi connectivity index (χ1) is 9.51. The quantitative estimate of drug-likeness (QED) is 0.837. The molecule has 0 atom stereocenters. The lowest BCUT2D eigenvalue weighted by Gasteiger charge is -2.11. The molecular weight excluding hydrogens is 338 g/mol. The Kier molecular flexibility index (Phi) is 5.08. The standard InChI is InChI=1S/C16H17BrClNO/c1-10-7-14(8-11(2)16(10)18)20-13-4-3-12(5-6-19)15(17)9-13/h3-4,7-9H,5-6,19H2,1-2H3. The molecule has 0 aromatic heterocycles. The minimum atomic E-state index is 0.633. The number of benzene rings is 2. The van der Waals surface area contributed by atoms with Crippen molar-refractivity contribution in [3.63, 3.8) is 0 Å². The molecule has 0 aliphatic heterocycles. The molecule has 0 amide bonds. The van der Waals surface area contributed by atoms with Crippen LogP contribution >= 0.6 is 27.5 Å². The van der Waals surface area contributed by atoms with E-state index in [0.29, 0.717) is 6.54 Å². The van der Waals surface area contributed by atoms with E-state index < -0.39 is 0 Å². The highest BCUT2D eigenvalue weighted by atomic mass is 79.9. The molecule has 0 bridgehead atoms. The smallest absolute Gasteiger partial charge is 0.128 e. The Morgan fingerprint density at radius 1 is 1.10 bits per heavy atom. The van der Waals surface area contributed by atoms with Gasteiger partial charge in [0.15, 0.2) is 0 Å². The number of ether oxygens (including phenoxy) is 1. The Balaban J connectivity index is 2.24. The first kappa shape index (κ1) is 15.4. The third-order valence-electron chi connectivity index (χ3n) is 3.08. The summed E-state index contributed by atoms with van der Waals surface area (Å²) in [5.41, 5.74) is 8.79. The average Bonchev–Trinajstić information content (AvgIpc) is 2.39. The largest absolute Gasteiger partial charge is 0.457 e. The Labute approximate surface area is 133 Å². The molecule has 0 heterocycles. The number of halogens is 2. The van der Waals surface area contributed by atoms with E-state index in [-0.39, 0.29) is 0 Å². The molecule has 0 unspecified atom stereocenters. The van der Waals surface area contributed by atoms with Gasteiger partial charge < -0.3 is 10.5 Å². The van der Waals surface area contributed by atoms with Crippen molar-refractivity contribution in [3.05, 3.63) is 56.5 Å². The highest BCUT2D eigenvalue weighted by Gasteiger charge is 2.06. The van der Waals surface area contributed by atoms with Gasteiger partial charge in [-0.05, 0) is 67.8 Å². The van der Waals surface area contributed by atoms with Crippen LogP contribution in [0.25, 0.3) is 0 Å². The molecule has 4 heteroatoms. The lowest BCUT2D eigenvalue weighted by Crippen LogP contribution is -2.03. The molecule has 0 saturated carbocycles. The minimum absolute atomic E-state index is 0.633. The second kappa shape index (κ2) is 6.61. The van der Waals surface area contributed by atoms with Gasteiger partial charge in [0.1, 0.15) is 11.5 Å². The zero-order valence-corrected chi connectivity index (χ0v) is 13.9. The topological polar surface area (TPSA) is 35.2 Å². The number of nitrogens with two attached hydrogens (primary N) is 1. The van der Waals surface area contributed by atoms with Crippen LogP contribution in [0.1, 0.15) is 16.7 Å². The first-order valence-electron chi connectivity index (χ1n) is 6.44. The van der Waals surface area contributed by atoms with Gasteiger partial charge in [-0.15, -0.1) is 0 Å². The fraction of sp³-hybridized carbons (Fsp3) is 0.250. The van der Waals surface area contributed by atoms with Gasteiger partial charge >= 0.3 is 0 Å². The van der Waals surface area contributed by atoms with Crippen LogP contribution in [0.15, 0.2) is 34.8 Å². The highest BCUT2D eigenvalue weighted by Crippen LogP contribution is 2.31. The molecule has 0 saturated heterocycles. The Bertz CT molecular complexity index is 605.